The van der Waals surface area contributed by atoms with E-state index in [0.29, 0.717) is 0 Å². The van der Waals surface area contributed by atoms with Crippen LogP contribution in [0.15, 0.2) is 116 Å². The molecule has 2 aromatic heterocycles. The van der Waals surface area contributed by atoms with Crippen molar-refractivity contribution in [1.29, 1.82) is 10.8 Å². The van der Waals surface area contributed by atoms with Crippen LogP contribution in [0.2, 0.25) is 0 Å². The number of para-hydroxylation sites is 2. The van der Waals surface area contributed by atoms with Crippen LogP contribution in [0.1, 0.15) is 0 Å². The number of allylic oxidation sites excluding steroid dienone is 4. The molecule has 0 amide bonds. The van der Waals surface area contributed by atoms with Gasteiger partial charge in [-0.25, -0.2) is 0 Å². The summed E-state index contributed by atoms with van der Waals surface area (Å²) in [5, 5.41) is 17.6. The Kier molecular flexibility index (Phi) is 5.21. The van der Waals surface area contributed by atoms with E-state index in [2.05, 4.69) is 47.2 Å². The molecule has 0 saturated heterocycles. The maximum absolute atomic E-state index is 7.67. The minimum atomic E-state index is 0.250. The molecule has 1 aliphatic rings. The monoisotopic (exact) mass is 429 g/mol. The smallest absolute Gasteiger partial charge is 0.0810 e. The average molecular weight is 430 g/mol. The van der Waals surface area contributed by atoms with Crippen molar-refractivity contribution in [1.82, 2.24) is 9.13 Å². The number of aromatic nitrogens is 2. The molecule has 0 unspecified atom stereocenters. The molecule has 160 valence electrons. The van der Waals surface area contributed by atoms with Crippen molar-refractivity contribution < 1.29 is 0 Å². The van der Waals surface area contributed by atoms with E-state index in [-0.39, 0.29) is 11.4 Å². The normalized spacial score (nSPS) is 13.2. The number of nitrogens with zero attached hydrogens (tertiary/aromatic N) is 2. The zero-order valence-electron chi connectivity index (χ0n) is 17.9. The van der Waals surface area contributed by atoms with E-state index in [1.807, 2.05) is 65.4 Å². The minimum Gasteiger partial charge on any atom is -0.399 e. The lowest BCUT2D eigenvalue weighted by Gasteiger charge is -2.11. The van der Waals surface area contributed by atoms with E-state index in [0.717, 1.165) is 22.6 Å². The lowest BCUT2D eigenvalue weighted by molar-refractivity contribution is 1.13. The quantitative estimate of drug-likeness (QED) is 0.223. The van der Waals surface area contributed by atoms with Gasteiger partial charge in [-0.2, -0.15) is 0 Å². The molecule has 6 rings (SSSR count). The topological polar surface area (TPSA) is 83.6 Å². The summed E-state index contributed by atoms with van der Waals surface area (Å²) >= 11 is 0. The molecule has 5 heteroatoms. The second-order valence-corrected chi connectivity index (χ2v) is 7.81. The number of benzene rings is 3. The van der Waals surface area contributed by atoms with Crippen molar-refractivity contribution in [3.63, 3.8) is 0 Å². The summed E-state index contributed by atoms with van der Waals surface area (Å²) in [7, 11) is 0. The average Bonchev–Trinajstić information content (AvgIpc) is 3.47. The van der Waals surface area contributed by atoms with Crippen LogP contribution in [0.3, 0.4) is 0 Å². The van der Waals surface area contributed by atoms with Crippen molar-refractivity contribution in [2.24, 2.45) is 0 Å². The van der Waals surface area contributed by atoms with E-state index in [1.165, 1.54) is 16.3 Å². The predicted octanol–water partition coefficient (Wildman–Crippen LogP) is 6.30. The van der Waals surface area contributed by atoms with Crippen LogP contribution < -0.4 is 5.73 Å². The van der Waals surface area contributed by atoms with Crippen molar-refractivity contribution in [2.75, 3.05) is 5.73 Å². The minimum absolute atomic E-state index is 0.250. The lowest BCUT2D eigenvalue weighted by Crippen LogP contribution is -2.11. The van der Waals surface area contributed by atoms with E-state index in [4.69, 9.17) is 16.6 Å². The molecule has 33 heavy (non-hydrogen) atoms. The van der Waals surface area contributed by atoms with Crippen LogP contribution in [-0.4, -0.2) is 20.6 Å². The molecule has 1 aliphatic carbocycles. The van der Waals surface area contributed by atoms with Crippen LogP contribution in [0.25, 0.3) is 33.2 Å². The van der Waals surface area contributed by atoms with Gasteiger partial charge in [0.1, 0.15) is 0 Å². The highest BCUT2D eigenvalue weighted by molar-refractivity contribution is 6.50. The molecule has 0 radical (unpaired) electrons. The lowest BCUT2D eigenvalue weighted by atomic mass is 10.1. The summed E-state index contributed by atoms with van der Waals surface area (Å²) in [4.78, 5) is 0. The van der Waals surface area contributed by atoms with Crippen LogP contribution >= 0.6 is 0 Å². The van der Waals surface area contributed by atoms with E-state index in [1.54, 1.807) is 12.2 Å². The number of rotatable bonds is 2. The second-order valence-electron chi connectivity index (χ2n) is 7.81. The second kappa shape index (κ2) is 8.48. The molecule has 5 aromatic rings. The summed E-state index contributed by atoms with van der Waals surface area (Å²) in [6.45, 7) is 0. The summed E-state index contributed by atoms with van der Waals surface area (Å²) in [5.74, 6) is 0. The summed E-state index contributed by atoms with van der Waals surface area (Å²) in [6, 6.07) is 28.5. The molecule has 3 aromatic carbocycles. The Morgan fingerprint density at radius 1 is 0.576 bits per heavy atom. The first kappa shape index (κ1) is 20.3. The first-order valence-corrected chi connectivity index (χ1v) is 10.7. The Labute approximate surface area is 191 Å². The van der Waals surface area contributed by atoms with Gasteiger partial charge in [0.2, 0.25) is 0 Å². The maximum Gasteiger partial charge on any atom is 0.0810 e. The highest BCUT2D eigenvalue weighted by Gasteiger charge is 2.09. The van der Waals surface area contributed by atoms with Crippen molar-refractivity contribution in [2.45, 2.75) is 0 Å². The van der Waals surface area contributed by atoms with Gasteiger partial charge in [-0.05, 0) is 77.5 Å². The van der Waals surface area contributed by atoms with Gasteiger partial charge in [0, 0.05) is 29.5 Å². The number of nitrogens with two attached hydrogens (primary N) is 1. The largest absolute Gasteiger partial charge is 0.399 e. The van der Waals surface area contributed by atoms with Gasteiger partial charge in [0.05, 0.1) is 22.5 Å². The fourth-order valence-corrected chi connectivity index (χ4v) is 3.93. The molecule has 0 aliphatic heterocycles. The zero-order chi connectivity index (χ0) is 22.8. The van der Waals surface area contributed by atoms with E-state index >= 15 is 0 Å². The Hall–Kier alpha value is -4.64. The Morgan fingerprint density at radius 3 is 1.79 bits per heavy atom. The third kappa shape index (κ3) is 4.00. The first-order chi connectivity index (χ1) is 16.1. The number of anilines is 1. The highest BCUT2D eigenvalue weighted by atomic mass is 15.0. The van der Waals surface area contributed by atoms with Crippen molar-refractivity contribution in [3.8, 4) is 5.69 Å². The Morgan fingerprint density at radius 2 is 1.15 bits per heavy atom. The molecule has 0 saturated carbocycles. The number of fused-ring (bicyclic) bond motifs is 2. The van der Waals surface area contributed by atoms with E-state index < -0.39 is 0 Å². The Bertz CT molecular complexity index is 1540. The number of hydrogen-bond acceptors (Lipinski definition) is 3. The number of nitrogen functional groups attached to an aromatic ring is 1. The van der Waals surface area contributed by atoms with Gasteiger partial charge >= 0.3 is 0 Å². The number of hydrogen-bond donors (Lipinski definition) is 3. The highest BCUT2D eigenvalue weighted by Crippen LogP contribution is 2.22. The van der Waals surface area contributed by atoms with Gasteiger partial charge < -0.3 is 14.9 Å². The van der Waals surface area contributed by atoms with Crippen LogP contribution in [0.4, 0.5) is 5.69 Å². The van der Waals surface area contributed by atoms with Crippen LogP contribution in [-0.2, 0) is 0 Å². The van der Waals surface area contributed by atoms with Crippen molar-refractivity contribution in [3.05, 3.63) is 116 Å². The van der Waals surface area contributed by atoms with Gasteiger partial charge in [-0.15, -0.1) is 0 Å². The zero-order valence-corrected chi connectivity index (χ0v) is 17.9. The molecular formula is C28H23N5. The molecule has 4 N–H and O–H groups in total. The summed E-state index contributed by atoms with van der Waals surface area (Å²) in [5.41, 5.74) is 11.4. The summed E-state index contributed by atoms with van der Waals surface area (Å²) in [6.07, 6.45) is 9.31. The first-order valence-electron chi connectivity index (χ1n) is 10.7. The van der Waals surface area contributed by atoms with Crippen LogP contribution in [0, 0.1) is 10.8 Å². The molecule has 2 heterocycles. The number of nitrogens with one attached hydrogen (secondary N) is 2. The van der Waals surface area contributed by atoms with Gasteiger partial charge in [0.25, 0.3) is 0 Å². The summed E-state index contributed by atoms with van der Waals surface area (Å²) < 4.78 is 4.20. The van der Waals surface area contributed by atoms with Gasteiger partial charge in [-0.1, -0.05) is 36.4 Å². The standard InChI is InChI=1S/C14H11N3.C14H12N2/c15-12-6-5-11(9-13(12)16)17-8-7-10-3-1-2-4-14(10)17;15-12-5-7-13(8-6-12)16-10-9-11-3-1-2-4-14(11)16/h1-9,15-16H;1-10H,15H2. The molecule has 0 fully saturated rings. The predicted molar refractivity (Wildman–Crippen MR) is 138 cm³/mol. The van der Waals surface area contributed by atoms with Crippen LogP contribution in [0.5, 0.6) is 0 Å². The molecule has 0 bridgehead atoms. The molecular weight excluding hydrogens is 406 g/mol. The SMILES string of the molecule is N=C1C=CC(n2ccc3ccccc32)=CC1=N.Nc1ccc(-n2ccc3ccccc32)cc1. The van der Waals surface area contributed by atoms with Gasteiger partial charge in [-0.3, -0.25) is 10.8 Å². The van der Waals surface area contributed by atoms with Gasteiger partial charge in [0.15, 0.2) is 0 Å². The third-order valence-electron chi connectivity index (χ3n) is 5.65. The molecule has 0 spiro atoms. The Balaban J connectivity index is 0.000000139. The fourth-order valence-electron chi connectivity index (χ4n) is 3.93. The molecule has 0 atom stereocenters. The fraction of sp³-hybridized carbons (Fsp3) is 0. The molecule has 5 nitrogen and oxygen atoms in total. The van der Waals surface area contributed by atoms with E-state index in [9.17, 15) is 0 Å². The maximum atomic E-state index is 7.67. The van der Waals surface area contributed by atoms with Crippen molar-refractivity contribution >= 4 is 44.6 Å². The third-order valence-corrected chi connectivity index (χ3v) is 5.65.